The van der Waals surface area contributed by atoms with Crippen molar-refractivity contribution in [2.24, 2.45) is 0 Å². The number of benzene rings is 8. The lowest BCUT2D eigenvalue weighted by atomic mass is 9.59. The fourth-order valence-corrected chi connectivity index (χ4v) is 8.73. The van der Waals surface area contributed by atoms with E-state index in [1.54, 1.807) is 0 Å². The van der Waals surface area contributed by atoms with E-state index in [2.05, 4.69) is 94.1 Å². The first-order valence-corrected chi connectivity index (χ1v) is 18.6. The molecule has 20 radical (unpaired) electrons. The zero-order chi connectivity index (χ0) is 40.3. The first-order chi connectivity index (χ1) is 28.0. The van der Waals surface area contributed by atoms with Gasteiger partial charge in [0, 0.05) is 32.9 Å². The number of hydrogen-bond acceptors (Lipinski definition) is 0. The highest BCUT2D eigenvalue weighted by Crippen LogP contribution is 2.42. The van der Waals surface area contributed by atoms with Crippen LogP contribution in [-0.4, -0.2) is 87.6 Å². The smallest absolute Gasteiger partial charge is 0.113 e. The maximum absolute atomic E-state index is 6.71. The molecule has 2 aromatic heterocycles. The van der Waals surface area contributed by atoms with Crippen molar-refractivity contribution >= 4 is 187 Å². The van der Waals surface area contributed by atoms with E-state index in [0.717, 1.165) is 49.6 Å². The molecule has 12 heteroatoms. The van der Waals surface area contributed by atoms with Gasteiger partial charge in [0.25, 0.3) is 0 Å². The van der Waals surface area contributed by atoms with E-state index in [1.165, 1.54) is 16.2 Å². The second-order valence-electron chi connectivity index (χ2n) is 14.7. The molecule has 0 N–H and O–H groups in total. The quantitative estimate of drug-likeness (QED) is 0.233. The van der Waals surface area contributed by atoms with Gasteiger partial charge in [0.05, 0.1) is 22.1 Å². The highest BCUT2D eigenvalue weighted by atomic mass is 15.0. The van der Waals surface area contributed by atoms with Crippen molar-refractivity contribution in [2.75, 3.05) is 0 Å². The van der Waals surface area contributed by atoms with Crippen molar-refractivity contribution in [3.05, 3.63) is 121 Å². The molecule has 58 heavy (non-hydrogen) atoms. The minimum Gasteiger partial charge on any atom is -0.309 e. The van der Waals surface area contributed by atoms with Crippen LogP contribution in [0.25, 0.3) is 88.0 Å². The molecule has 10 aromatic rings. The number of para-hydroxylation sites is 2. The first-order valence-electron chi connectivity index (χ1n) is 18.6. The minimum absolute atomic E-state index is 0.107. The largest absolute Gasteiger partial charge is 0.309 e. The summed E-state index contributed by atoms with van der Waals surface area (Å²) in [6.45, 7) is 0. The summed E-state index contributed by atoms with van der Waals surface area (Å²) in [5.74, 6) is 0. The maximum atomic E-state index is 6.71. The third kappa shape index (κ3) is 5.19. The van der Waals surface area contributed by atoms with Gasteiger partial charge in [-0.3, -0.25) is 0 Å². The second kappa shape index (κ2) is 13.4. The predicted molar refractivity (Wildman–Crippen MR) is 257 cm³/mol. The summed E-state index contributed by atoms with van der Waals surface area (Å²) in [5.41, 5.74) is 9.13. The van der Waals surface area contributed by atoms with E-state index in [4.69, 9.17) is 78.5 Å². The van der Waals surface area contributed by atoms with Crippen LogP contribution in [-0.2, 0) is 0 Å². The molecule has 0 saturated carbocycles. The Labute approximate surface area is 349 Å². The molecule has 0 amide bonds. The van der Waals surface area contributed by atoms with Crippen molar-refractivity contribution in [3.63, 3.8) is 0 Å². The normalized spacial score (nSPS) is 11.8. The van der Waals surface area contributed by atoms with Crippen LogP contribution in [0.3, 0.4) is 0 Å². The Kier molecular flexibility index (Phi) is 8.47. The Morgan fingerprint density at radius 1 is 0.293 bits per heavy atom. The first kappa shape index (κ1) is 36.6. The van der Waals surface area contributed by atoms with Gasteiger partial charge in [-0.25, -0.2) is 0 Å². The Balaban J connectivity index is 1.38. The summed E-state index contributed by atoms with van der Waals surface area (Å²) in [4.78, 5) is 0. The van der Waals surface area contributed by atoms with Crippen LogP contribution < -0.4 is 54.6 Å². The van der Waals surface area contributed by atoms with Gasteiger partial charge < -0.3 is 9.13 Å². The molecule has 0 unspecified atom stereocenters. The van der Waals surface area contributed by atoms with Crippen LogP contribution >= 0.6 is 0 Å². The third-order valence-electron chi connectivity index (χ3n) is 11.6. The molecule has 0 aliphatic rings. The third-order valence-corrected chi connectivity index (χ3v) is 11.6. The number of rotatable bonds is 4. The maximum Gasteiger partial charge on any atom is 0.113 e. The number of fused-ring (bicyclic) bond motifs is 8. The van der Waals surface area contributed by atoms with Gasteiger partial charge >= 0.3 is 0 Å². The van der Waals surface area contributed by atoms with Gasteiger partial charge in [0.2, 0.25) is 0 Å². The Morgan fingerprint density at radius 2 is 0.776 bits per heavy atom. The molecule has 0 aliphatic heterocycles. The molecular formula is C46H20B10N2. The van der Waals surface area contributed by atoms with Crippen molar-refractivity contribution in [1.82, 2.24) is 9.13 Å². The van der Waals surface area contributed by atoms with Crippen LogP contribution in [0.1, 0.15) is 0 Å². The fraction of sp³-hybridized carbons (Fsp3) is 0. The zero-order valence-corrected chi connectivity index (χ0v) is 31.2. The van der Waals surface area contributed by atoms with E-state index in [9.17, 15) is 0 Å². The summed E-state index contributed by atoms with van der Waals surface area (Å²) in [5, 5.41) is 6.74. The molecule has 0 saturated heterocycles. The topological polar surface area (TPSA) is 9.86 Å². The molecule has 8 aromatic carbocycles. The summed E-state index contributed by atoms with van der Waals surface area (Å²) in [6, 6.07) is 41.9. The van der Waals surface area contributed by atoms with Crippen LogP contribution in [0.4, 0.5) is 0 Å². The van der Waals surface area contributed by atoms with Crippen molar-refractivity contribution in [1.29, 1.82) is 0 Å². The van der Waals surface area contributed by atoms with Crippen LogP contribution in [0.15, 0.2) is 121 Å². The molecule has 10 rings (SSSR count). The lowest BCUT2D eigenvalue weighted by Crippen LogP contribution is -2.55. The Bertz CT molecular complexity index is 3260. The molecule has 0 aliphatic carbocycles. The van der Waals surface area contributed by atoms with Gasteiger partial charge in [-0.1, -0.05) is 88.6 Å². The van der Waals surface area contributed by atoms with E-state index in [1.807, 2.05) is 36.4 Å². The summed E-state index contributed by atoms with van der Waals surface area (Å²) in [6.07, 6.45) is 0. The molecule has 0 atom stereocenters. The van der Waals surface area contributed by atoms with E-state index < -0.39 is 0 Å². The van der Waals surface area contributed by atoms with Crippen molar-refractivity contribution < 1.29 is 0 Å². The minimum atomic E-state index is 0.107. The van der Waals surface area contributed by atoms with E-state index in [-0.39, 0.29) is 54.6 Å². The summed E-state index contributed by atoms with van der Waals surface area (Å²) < 4.78 is 4.53. The Hall–Kier alpha value is -5.73. The lowest BCUT2D eigenvalue weighted by molar-refractivity contribution is 1.17. The highest BCUT2D eigenvalue weighted by molar-refractivity contribution is 6.70. The SMILES string of the molecule is [B]c1c([B])c([B])c(-c2cc(-c3c([B])c([B])c([B])c([B])c3[B])cc(-n3c4ccccc4c4cc5c6c7ccccc7ccc6n(-c6ccccc6)c5cc43)c2)c([B])c1[B]. The average molecular weight is 709 g/mol. The van der Waals surface area contributed by atoms with Gasteiger partial charge in [-0.15, -0.1) is 32.8 Å². The summed E-state index contributed by atoms with van der Waals surface area (Å²) >= 11 is 0. The molecule has 2 heterocycles. The number of hydrogen-bond donors (Lipinski definition) is 0. The number of nitrogens with zero attached hydrogens (tertiary/aromatic N) is 2. The molecule has 0 fully saturated rings. The van der Waals surface area contributed by atoms with Crippen molar-refractivity contribution in [2.45, 2.75) is 0 Å². The highest BCUT2D eigenvalue weighted by Gasteiger charge is 2.22. The summed E-state index contributed by atoms with van der Waals surface area (Å²) in [7, 11) is 65.0. The van der Waals surface area contributed by atoms with Gasteiger partial charge in [0.1, 0.15) is 78.5 Å². The zero-order valence-electron chi connectivity index (χ0n) is 31.2. The standard InChI is InChI=1S/C46H20B10N2/c47-37-34(38(48)42(52)45(55)41(37)51)22-16-23(35-39(49)43(53)46(56)44(54)40(35)50)18-25(17-22)58-30-13-7-6-12-27(30)28-19-29-33(20-32(28)58)57(24-9-2-1-3-10-24)31-15-14-21-8-4-5-11-26(21)36(29)31/h1-20H. The number of aromatic nitrogens is 2. The molecule has 0 bridgehead atoms. The molecule has 0 spiro atoms. The monoisotopic (exact) mass is 710 g/mol. The molecule has 244 valence electrons. The van der Waals surface area contributed by atoms with Gasteiger partial charge in [-0.05, 0) is 87.6 Å². The van der Waals surface area contributed by atoms with Gasteiger partial charge in [-0.2, -0.15) is 0 Å². The van der Waals surface area contributed by atoms with Gasteiger partial charge in [0.15, 0.2) is 0 Å². The van der Waals surface area contributed by atoms with Crippen molar-refractivity contribution in [3.8, 4) is 33.6 Å². The average Bonchev–Trinajstić information content (AvgIpc) is 3.75. The molecular weight excluding hydrogens is 689 g/mol. The Morgan fingerprint density at radius 3 is 1.38 bits per heavy atom. The van der Waals surface area contributed by atoms with E-state index >= 15 is 0 Å². The van der Waals surface area contributed by atoms with Crippen LogP contribution in [0, 0.1) is 0 Å². The lowest BCUT2D eigenvalue weighted by Gasteiger charge is -2.25. The molecule has 2 nitrogen and oxygen atoms in total. The fourth-order valence-electron chi connectivity index (χ4n) is 8.73. The van der Waals surface area contributed by atoms with E-state index in [0.29, 0.717) is 22.3 Å². The van der Waals surface area contributed by atoms with Crippen LogP contribution in [0.5, 0.6) is 0 Å². The predicted octanol–water partition coefficient (Wildman–Crippen LogP) is 0.306. The van der Waals surface area contributed by atoms with Crippen LogP contribution in [0.2, 0.25) is 0 Å². The second-order valence-corrected chi connectivity index (χ2v) is 14.7.